The van der Waals surface area contributed by atoms with Gasteiger partial charge in [0.15, 0.2) is 0 Å². The number of aliphatic hydroxyl groups excluding tert-OH is 1. The largest absolute Gasteiger partial charge is 0.507 e. The molecule has 3 aromatic rings. The third kappa shape index (κ3) is 5.10. The number of pyridine rings is 1. The average Bonchev–Trinajstić information content (AvgIpc) is 3.12. The Morgan fingerprint density at radius 2 is 1.83 bits per heavy atom. The summed E-state index contributed by atoms with van der Waals surface area (Å²) >= 11 is 0. The zero-order valence-corrected chi connectivity index (χ0v) is 20.9. The lowest BCUT2D eigenvalue weighted by atomic mass is 9.94. The van der Waals surface area contributed by atoms with Gasteiger partial charge in [-0.05, 0) is 72.0 Å². The second kappa shape index (κ2) is 10.6. The summed E-state index contributed by atoms with van der Waals surface area (Å²) in [5.74, 6) is 0.0111. The first-order chi connectivity index (χ1) is 17.3. The summed E-state index contributed by atoms with van der Waals surface area (Å²) in [6.07, 6.45) is 3.28. The van der Waals surface area contributed by atoms with Crippen LogP contribution in [0, 0.1) is 12.8 Å². The van der Waals surface area contributed by atoms with Crippen LogP contribution >= 0.6 is 0 Å². The number of carbonyl (C=O) groups is 2. The molecule has 0 aliphatic carbocycles. The fraction of sp³-hybridized carbons (Fsp3) is 0.276. The molecule has 1 atom stereocenters. The van der Waals surface area contributed by atoms with Crippen LogP contribution in [-0.4, -0.2) is 40.4 Å². The Kier molecular flexibility index (Phi) is 7.38. The second-order valence-electron chi connectivity index (χ2n) is 9.24. The van der Waals surface area contributed by atoms with Crippen molar-refractivity contribution < 1.29 is 24.2 Å². The molecule has 36 heavy (non-hydrogen) atoms. The van der Waals surface area contributed by atoms with Gasteiger partial charge in [-0.3, -0.25) is 14.6 Å². The molecule has 0 bridgehead atoms. The number of carbonyl (C=O) groups excluding carboxylic acids is 2. The molecule has 1 N–H and O–H groups in total. The Labute approximate surface area is 211 Å². The maximum Gasteiger partial charge on any atom is 0.295 e. The molecular weight excluding hydrogens is 456 g/mol. The van der Waals surface area contributed by atoms with Gasteiger partial charge in [0.05, 0.1) is 25.3 Å². The van der Waals surface area contributed by atoms with E-state index in [2.05, 4.69) is 18.8 Å². The summed E-state index contributed by atoms with van der Waals surface area (Å²) in [4.78, 5) is 32.1. The highest BCUT2D eigenvalue weighted by Crippen LogP contribution is 2.41. The van der Waals surface area contributed by atoms with Crippen molar-refractivity contribution in [2.45, 2.75) is 33.4 Å². The molecule has 4 rings (SSSR count). The first-order valence-electron chi connectivity index (χ1n) is 11.8. The van der Waals surface area contributed by atoms with Crippen LogP contribution in [0.15, 0.2) is 72.6 Å². The van der Waals surface area contributed by atoms with E-state index >= 15 is 0 Å². The number of amides is 1. The van der Waals surface area contributed by atoms with E-state index in [1.807, 2.05) is 31.2 Å². The van der Waals surface area contributed by atoms with Gasteiger partial charge in [-0.1, -0.05) is 26.0 Å². The fourth-order valence-electron chi connectivity index (χ4n) is 4.29. The molecule has 7 nitrogen and oxygen atoms in total. The van der Waals surface area contributed by atoms with Crippen LogP contribution in [0.3, 0.4) is 0 Å². The summed E-state index contributed by atoms with van der Waals surface area (Å²) in [7, 11) is 1.57. The minimum Gasteiger partial charge on any atom is -0.507 e. The van der Waals surface area contributed by atoms with Crippen molar-refractivity contribution in [3.63, 3.8) is 0 Å². The van der Waals surface area contributed by atoms with E-state index in [0.29, 0.717) is 35.2 Å². The number of Topliss-reactive ketones (excluding diaryl/α,β-unsaturated/α-hetero) is 1. The number of aliphatic hydroxyl groups is 1. The van der Waals surface area contributed by atoms with Crippen molar-refractivity contribution in [3.8, 4) is 11.5 Å². The van der Waals surface area contributed by atoms with E-state index in [1.54, 1.807) is 49.8 Å². The molecular formula is C29H30N2O5. The molecule has 2 aromatic carbocycles. The number of likely N-dealkylation sites (tertiary alicyclic amines) is 1. The Morgan fingerprint density at radius 1 is 1.08 bits per heavy atom. The smallest absolute Gasteiger partial charge is 0.295 e. The first kappa shape index (κ1) is 25.0. The van der Waals surface area contributed by atoms with Crippen molar-refractivity contribution >= 4 is 17.4 Å². The maximum atomic E-state index is 13.3. The van der Waals surface area contributed by atoms with Crippen molar-refractivity contribution in [2.75, 3.05) is 13.7 Å². The minimum atomic E-state index is -0.789. The number of aryl methyl sites for hydroxylation is 1. The number of hydrogen-bond donors (Lipinski definition) is 1. The van der Waals surface area contributed by atoms with Gasteiger partial charge in [0.2, 0.25) is 0 Å². The van der Waals surface area contributed by atoms with Crippen molar-refractivity contribution in [3.05, 3.63) is 94.8 Å². The molecule has 1 saturated heterocycles. The first-order valence-corrected chi connectivity index (χ1v) is 11.8. The predicted octanol–water partition coefficient (Wildman–Crippen LogP) is 5.06. The molecule has 1 aliphatic rings. The topological polar surface area (TPSA) is 89.0 Å². The van der Waals surface area contributed by atoms with Gasteiger partial charge in [-0.15, -0.1) is 0 Å². The van der Waals surface area contributed by atoms with E-state index in [1.165, 1.54) is 4.90 Å². The maximum absolute atomic E-state index is 13.3. The monoisotopic (exact) mass is 486 g/mol. The quantitative estimate of drug-likeness (QED) is 0.272. The number of rotatable bonds is 8. The van der Waals surface area contributed by atoms with E-state index < -0.39 is 17.7 Å². The van der Waals surface area contributed by atoms with Crippen molar-refractivity contribution in [1.29, 1.82) is 0 Å². The van der Waals surface area contributed by atoms with Gasteiger partial charge in [0.25, 0.3) is 11.7 Å². The number of ketones is 1. The van der Waals surface area contributed by atoms with E-state index in [9.17, 15) is 14.7 Å². The average molecular weight is 487 g/mol. The van der Waals surface area contributed by atoms with Gasteiger partial charge in [0.1, 0.15) is 17.3 Å². The van der Waals surface area contributed by atoms with Crippen LogP contribution < -0.4 is 9.47 Å². The predicted molar refractivity (Wildman–Crippen MR) is 137 cm³/mol. The van der Waals surface area contributed by atoms with Crippen LogP contribution in [0.2, 0.25) is 0 Å². The zero-order valence-electron chi connectivity index (χ0n) is 20.9. The third-order valence-electron chi connectivity index (χ3n) is 6.07. The number of aromatic nitrogens is 1. The highest BCUT2D eigenvalue weighted by molar-refractivity contribution is 6.46. The van der Waals surface area contributed by atoms with Crippen LogP contribution in [0.4, 0.5) is 0 Å². The van der Waals surface area contributed by atoms with Gasteiger partial charge in [0, 0.05) is 24.5 Å². The number of hydrogen-bond acceptors (Lipinski definition) is 6. The summed E-state index contributed by atoms with van der Waals surface area (Å²) in [6.45, 7) is 6.69. The van der Waals surface area contributed by atoms with Gasteiger partial charge >= 0.3 is 0 Å². The summed E-state index contributed by atoms with van der Waals surface area (Å²) in [6, 6.07) is 15.3. The fourth-order valence-corrected chi connectivity index (χ4v) is 4.29. The van der Waals surface area contributed by atoms with Crippen molar-refractivity contribution in [1.82, 2.24) is 9.88 Å². The molecule has 0 saturated carbocycles. The normalized spacial score (nSPS) is 17.0. The summed E-state index contributed by atoms with van der Waals surface area (Å²) in [5.41, 5.74) is 2.78. The third-order valence-corrected chi connectivity index (χ3v) is 6.07. The molecule has 1 aliphatic heterocycles. The van der Waals surface area contributed by atoms with Crippen LogP contribution in [0.5, 0.6) is 11.5 Å². The molecule has 0 spiro atoms. The molecule has 0 radical (unpaired) electrons. The number of benzene rings is 2. The van der Waals surface area contributed by atoms with Gasteiger partial charge < -0.3 is 19.5 Å². The Morgan fingerprint density at radius 3 is 2.50 bits per heavy atom. The highest BCUT2D eigenvalue weighted by Gasteiger charge is 2.46. The van der Waals surface area contributed by atoms with E-state index in [4.69, 9.17) is 9.47 Å². The number of ether oxygens (including phenoxy) is 2. The van der Waals surface area contributed by atoms with Gasteiger partial charge in [-0.25, -0.2) is 0 Å². The lowest BCUT2D eigenvalue weighted by Gasteiger charge is -2.26. The molecule has 1 aromatic heterocycles. The molecule has 1 unspecified atom stereocenters. The minimum absolute atomic E-state index is 0.0413. The zero-order chi connectivity index (χ0) is 25.8. The van der Waals surface area contributed by atoms with Crippen LogP contribution in [-0.2, 0) is 16.1 Å². The Bertz CT molecular complexity index is 1300. The van der Waals surface area contributed by atoms with Crippen LogP contribution in [0.25, 0.3) is 5.76 Å². The lowest BCUT2D eigenvalue weighted by Crippen LogP contribution is -2.29. The highest BCUT2D eigenvalue weighted by atomic mass is 16.5. The van der Waals surface area contributed by atoms with E-state index in [0.717, 1.165) is 11.1 Å². The standard InChI is InChI=1S/C29H30N2O5/c1-18(2)17-36-23-7-5-6-21(15-23)26-25(27(32)22-8-9-24(35-4)19(3)14-22)28(33)29(34)31(26)16-20-10-12-30-13-11-20/h5-15,18,26,32H,16-17H2,1-4H3/b27-25+. The number of methoxy groups -OCH3 is 1. The van der Waals surface area contributed by atoms with Gasteiger partial charge in [-0.2, -0.15) is 0 Å². The molecule has 1 fully saturated rings. The van der Waals surface area contributed by atoms with E-state index in [-0.39, 0.29) is 17.9 Å². The Hall–Kier alpha value is -4.13. The second-order valence-corrected chi connectivity index (χ2v) is 9.24. The molecule has 1 amide bonds. The number of nitrogens with zero attached hydrogens (tertiary/aromatic N) is 2. The molecule has 186 valence electrons. The Balaban J connectivity index is 1.84. The summed E-state index contributed by atoms with van der Waals surface area (Å²) in [5, 5.41) is 11.4. The molecule has 7 heteroatoms. The lowest BCUT2D eigenvalue weighted by molar-refractivity contribution is -0.140. The van der Waals surface area contributed by atoms with Crippen molar-refractivity contribution in [2.24, 2.45) is 5.92 Å². The SMILES string of the molecule is COc1ccc(/C(O)=C2\C(=O)C(=O)N(Cc3ccncc3)C2c2cccc(OCC(C)C)c2)cc1C. The molecule has 2 heterocycles. The van der Waals surface area contributed by atoms with Crippen LogP contribution in [0.1, 0.15) is 42.1 Å². The summed E-state index contributed by atoms with van der Waals surface area (Å²) < 4.78 is 11.2.